The van der Waals surface area contributed by atoms with Crippen LogP contribution in [0.4, 0.5) is 0 Å². The largest absolute Gasteiger partial charge is 0.372 e. The number of benzene rings is 1. The van der Waals surface area contributed by atoms with Crippen LogP contribution in [0.15, 0.2) is 24.3 Å². The Bertz CT molecular complexity index is 337. The van der Waals surface area contributed by atoms with Gasteiger partial charge < -0.3 is 10.1 Å². The molecule has 0 saturated carbocycles. The third-order valence-electron chi connectivity index (χ3n) is 3.28. The first kappa shape index (κ1) is 11.6. The van der Waals surface area contributed by atoms with E-state index in [1.165, 1.54) is 17.5 Å². The maximum absolute atomic E-state index is 5.91. The fourth-order valence-electron chi connectivity index (χ4n) is 2.22. The molecule has 1 aliphatic heterocycles. The molecule has 2 nitrogen and oxygen atoms in total. The molecule has 2 atom stereocenters. The smallest absolute Gasteiger partial charge is 0.0949 e. The van der Waals surface area contributed by atoms with Crippen molar-refractivity contribution in [1.29, 1.82) is 0 Å². The standard InChI is InChI=1S/C14H21NO/c1-3-13-7-8-16-14(10-15-13)12-6-4-5-11(2)9-12/h4-6,9,13-15H,3,7-8,10H2,1-2H3. The SMILES string of the molecule is CCC1CCOC(c2cccc(C)c2)CN1. The van der Waals surface area contributed by atoms with Crippen LogP contribution < -0.4 is 5.32 Å². The fourth-order valence-corrected chi connectivity index (χ4v) is 2.22. The molecule has 1 heterocycles. The highest BCUT2D eigenvalue weighted by molar-refractivity contribution is 5.24. The van der Waals surface area contributed by atoms with Crippen molar-refractivity contribution in [2.24, 2.45) is 0 Å². The summed E-state index contributed by atoms with van der Waals surface area (Å²) in [7, 11) is 0. The van der Waals surface area contributed by atoms with Crippen molar-refractivity contribution in [3.8, 4) is 0 Å². The molecule has 0 bridgehead atoms. The lowest BCUT2D eigenvalue weighted by molar-refractivity contribution is 0.0663. The molecule has 2 unspecified atom stereocenters. The molecule has 1 aromatic rings. The normalized spacial score (nSPS) is 26.4. The van der Waals surface area contributed by atoms with Gasteiger partial charge in [-0.1, -0.05) is 36.8 Å². The molecule has 1 aromatic carbocycles. The summed E-state index contributed by atoms with van der Waals surface area (Å²) in [6, 6.07) is 9.23. The molecule has 1 saturated heterocycles. The highest BCUT2D eigenvalue weighted by atomic mass is 16.5. The summed E-state index contributed by atoms with van der Waals surface area (Å²) in [5.74, 6) is 0. The summed E-state index contributed by atoms with van der Waals surface area (Å²) < 4.78 is 5.91. The van der Waals surface area contributed by atoms with E-state index in [2.05, 4.69) is 43.4 Å². The van der Waals surface area contributed by atoms with Gasteiger partial charge in [0.15, 0.2) is 0 Å². The molecule has 0 radical (unpaired) electrons. The average molecular weight is 219 g/mol. The second-order valence-corrected chi connectivity index (χ2v) is 4.58. The lowest BCUT2D eigenvalue weighted by atomic mass is 10.1. The minimum absolute atomic E-state index is 0.219. The van der Waals surface area contributed by atoms with E-state index in [9.17, 15) is 0 Å². The summed E-state index contributed by atoms with van der Waals surface area (Å²) >= 11 is 0. The molecular weight excluding hydrogens is 198 g/mol. The van der Waals surface area contributed by atoms with Gasteiger partial charge in [0, 0.05) is 19.2 Å². The topological polar surface area (TPSA) is 21.3 Å². The molecule has 0 aromatic heterocycles. The predicted molar refractivity (Wildman–Crippen MR) is 66.6 cm³/mol. The molecule has 0 aliphatic carbocycles. The molecule has 2 rings (SSSR count). The number of aryl methyl sites for hydroxylation is 1. The third-order valence-corrected chi connectivity index (χ3v) is 3.28. The van der Waals surface area contributed by atoms with Crippen LogP contribution in [0.2, 0.25) is 0 Å². The molecular formula is C14H21NO. The summed E-state index contributed by atoms with van der Waals surface area (Å²) in [6.07, 6.45) is 2.53. The molecule has 0 spiro atoms. The first-order valence-electron chi connectivity index (χ1n) is 6.21. The number of hydrogen-bond acceptors (Lipinski definition) is 2. The highest BCUT2D eigenvalue weighted by Gasteiger charge is 2.18. The van der Waals surface area contributed by atoms with E-state index >= 15 is 0 Å². The summed E-state index contributed by atoms with van der Waals surface area (Å²) in [5.41, 5.74) is 2.60. The second-order valence-electron chi connectivity index (χ2n) is 4.58. The van der Waals surface area contributed by atoms with Crippen molar-refractivity contribution < 1.29 is 4.74 Å². The van der Waals surface area contributed by atoms with Gasteiger partial charge >= 0.3 is 0 Å². The Morgan fingerprint density at radius 1 is 1.44 bits per heavy atom. The first-order chi connectivity index (χ1) is 7.79. The Morgan fingerprint density at radius 3 is 3.06 bits per heavy atom. The van der Waals surface area contributed by atoms with E-state index in [0.717, 1.165) is 19.6 Å². The van der Waals surface area contributed by atoms with E-state index in [4.69, 9.17) is 4.74 Å². The second kappa shape index (κ2) is 5.46. The predicted octanol–water partition coefficient (Wildman–Crippen LogP) is 2.82. The van der Waals surface area contributed by atoms with E-state index in [1.807, 2.05) is 0 Å². The summed E-state index contributed by atoms with van der Waals surface area (Å²) in [6.45, 7) is 6.15. The van der Waals surface area contributed by atoms with Gasteiger partial charge in [0.1, 0.15) is 0 Å². The van der Waals surface area contributed by atoms with Gasteiger partial charge in [-0.05, 0) is 25.3 Å². The van der Waals surface area contributed by atoms with Crippen molar-refractivity contribution in [2.75, 3.05) is 13.2 Å². The zero-order valence-electron chi connectivity index (χ0n) is 10.2. The van der Waals surface area contributed by atoms with Crippen LogP contribution in [0.25, 0.3) is 0 Å². The van der Waals surface area contributed by atoms with Crippen LogP contribution >= 0.6 is 0 Å². The maximum Gasteiger partial charge on any atom is 0.0949 e. The summed E-state index contributed by atoms with van der Waals surface area (Å²) in [4.78, 5) is 0. The zero-order chi connectivity index (χ0) is 11.4. The van der Waals surface area contributed by atoms with Gasteiger partial charge in [0.25, 0.3) is 0 Å². The number of rotatable bonds is 2. The van der Waals surface area contributed by atoms with Crippen molar-refractivity contribution in [3.63, 3.8) is 0 Å². The minimum atomic E-state index is 0.219. The molecule has 16 heavy (non-hydrogen) atoms. The Labute approximate surface area is 98.0 Å². The van der Waals surface area contributed by atoms with Gasteiger partial charge in [0.2, 0.25) is 0 Å². The monoisotopic (exact) mass is 219 g/mol. The molecule has 1 N–H and O–H groups in total. The van der Waals surface area contributed by atoms with Crippen LogP contribution in [0.5, 0.6) is 0 Å². The van der Waals surface area contributed by atoms with Crippen LogP contribution in [0.1, 0.15) is 37.0 Å². The Balaban J connectivity index is 2.04. The van der Waals surface area contributed by atoms with Gasteiger partial charge in [-0.3, -0.25) is 0 Å². The lowest BCUT2D eigenvalue weighted by Crippen LogP contribution is -2.29. The quantitative estimate of drug-likeness (QED) is 0.826. The average Bonchev–Trinajstić information content (AvgIpc) is 2.54. The van der Waals surface area contributed by atoms with Gasteiger partial charge in [-0.2, -0.15) is 0 Å². The molecule has 1 fully saturated rings. The number of hydrogen-bond donors (Lipinski definition) is 1. The minimum Gasteiger partial charge on any atom is -0.372 e. The van der Waals surface area contributed by atoms with E-state index in [1.54, 1.807) is 0 Å². The Hall–Kier alpha value is -0.860. The highest BCUT2D eigenvalue weighted by Crippen LogP contribution is 2.21. The van der Waals surface area contributed by atoms with Crippen LogP contribution in [-0.2, 0) is 4.74 Å². The van der Waals surface area contributed by atoms with Crippen molar-refractivity contribution in [3.05, 3.63) is 35.4 Å². The first-order valence-corrected chi connectivity index (χ1v) is 6.21. The maximum atomic E-state index is 5.91. The molecule has 0 amide bonds. The van der Waals surface area contributed by atoms with Crippen LogP contribution in [0, 0.1) is 6.92 Å². The van der Waals surface area contributed by atoms with Crippen molar-refractivity contribution in [2.45, 2.75) is 38.8 Å². The summed E-state index contributed by atoms with van der Waals surface area (Å²) in [5, 5.41) is 3.57. The zero-order valence-corrected chi connectivity index (χ0v) is 10.2. The van der Waals surface area contributed by atoms with Gasteiger partial charge in [-0.15, -0.1) is 0 Å². The molecule has 88 valence electrons. The van der Waals surface area contributed by atoms with Gasteiger partial charge in [-0.25, -0.2) is 0 Å². The molecule has 2 heteroatoms. The van der Waals surface area contributed by atoms with Crippen LogP contribution in [-0.4, -0.2) is 19.2 Å². The van der Waals surface area contributed by atoms with E-state index in [0.29, 0.717) is 6.04 Å². The fraction of sp³-hybridized carbons (Fsp3) is 0.571. The Morgan fingerprint density at radius 2 is 2.31 bits per heavy atom. The Kier molecular flexibility index (Phi) is 3.97. The van der Waals surface area contributed by atoms with Gasteiger partial charge in [0.05, 0.1) is 6.10 Å². The lowest BCUT2D eigenvalue weighted by Gasteiger charge is -2.16. The van der Waals surface area contributed by atoms with Crippen molar-refractivity contribution >= 4 is 0 Å². The molecule has 1 aliphatic rings. The van der Waals surface area contributed by atoms with E-state index < -0.39 is 0 Å². The van der Waals surface area contributed by atoms with Crippen molar-refractivity contribution in [1.82, 2.24) is 5.32 Å². The van der Waals surface area contributed by atoms with E-state index in [-0.39, 0.29) is 6.10 Å². The third kappa shape index (κ3) is 2.83. The number of nitrogens with one attached hydrogen (secondary N) is 1. The van der Waals surface area contributed by atoms with Crippen LogP contribution in [0.3, 0.4) is 0 Å². The number of ether oxygens (including phenoxy) is 1.